The van der Waals surface area contributed by atoms with Gasteiger partial charge in [-0.2, -0.15) is 0 Å². The first-order valence-corrected chi connectivity index (χ1v) is 10.1. The highest BCUT2D eigenvalue weighted by Gasteiger charge is 2.29. The van der Waals surface area contributed by atoms with Gasteiger partial charge in [-0.15, -0.1) is 0 Å². The fraction of sp³-hybridized carbons (Fsp3) is 0.250. The van der Waals surface area contributed by atoms with Crippen LogP contribution in [0.25, 0.3) is 0 Å². The molecule has 1 aliphatic rings. The maximum atomic E-state index is 12.5. The zero-order valence-electron chi connectivity index (χ0n) is 17.1. The van der Waals surface area contributed by atoms with Crippen LogP contribution in [0, 0.1) is 13.8 Å². The number of rotatable bonds is 5. The molecule has 2 amide bonds. The van der Waals surface area contributed by atoms with Crippen molar-refractivity contribution >= 4 is 23.2 Å². The van der Waals surface area contributed by atoms with Gasteiger partial charge in [0.25, 0.3) is 0 Å². The van der Waals surface area contributed by atoms with Gasteiger partial charge in [-0.3, -0.25) is 9.59 Å². The van der Waals surface area contributed by atoms with Crippen molar-refractivity contribution in [2.45, 2.75) is 26.3 Å². The fourth-order valence-corrected chi connectivity index (χ4v) is 3.94. The molecule has 0 radical (unpaired) electrons. The first-order valence-electron chi connectivity index (χ1n) is 10.1. The van der Waals surface area contributed by atoms with Crippen molar-refractivity contribution in [3.63, 3.8) is 0 Å². The summed E-state index contributed by atoms with van der Waals surface area (Å²) in [5.41, 5.74) is 5.05. The summed E-state index contributed by atoms with van der Waals surface area (Å²) in [4.78, 5) is 27.1. The van der Waals surface area contributed by atoms with Crippen LogP contribution in [0.2, 0.25) is 0 Å². The molecule has 1 atom stereocenters. The molecule has 0 saturated carbocycles. The Morgan fingerprint density at radius 3 is 2.67 bits per heavy atom. The molecule has 2 heterocycles. The number of carbonyl (C=O) groups excluding carboxylic acids is 2. The average Bonchev–Trinajstić information content (AvgIpc) is 3.41. The van der Waals surface area contributed by atoms with Crippen LogP contribution in [0.3, 0.4) is 0 Å². The average molecular weight is 403 g/mol. The van der Waals surface area contributed by atoms with E-state index in [-0.39, 0.29) is 12.6 Å². The number of amides is 2. The summed E-state index contributed by atoms with van der Waals surface area (Å²) in [5, 5.41) is 5.47. The Kier molecular flexibility index (Phi) is 5.57. The van der Waals surface area contributed by atoms with Crippen molar-refractivity contribution in [1.82, 2.24) is 5.32 Å². The Balaban J connectivity index is 1.45. The van der Waals surface area contributed by atoms with E-state index in [1.165, 1.54) is 5.56 Å². The quantitative estimate of drug-likeness (QED) is 0.636. The molecule has 3 aromatic rings. The van der Waals surface area contributed by atoms with E-state index in [9.17, 15) is 9.59 Å². The lowest BCUT2D eigenvalue weighted by atomic mass is 10.1. The van der Waals surface area contributed by atoms with Crippen molar-refractivity contribution in [3.05, 3.63) is 83.3 Å². The minimum absolute atomic E-state index is 0.193. The summed E-state index contributed by atoms with van der Waals surface area (Å²) >= 11 is 0. The third kappa shape index (κ3) is 4.08. The molecular formula is C24H25N3O3. The summed E-state index contributed by atoms with van der Waals surface area (Å²) in [5.74, 6) is -0.595. The third-order valence-corrected chi connectivity index (χ3v) is 5.46. The molecule has 0 saturated heterocycles. The number of hydrogen-bond acceptors (Lipinski definition) is 4. The molecule has 1 aliphatic heterocycles. The van der Waals surface area contributed by atoms with Gasteiger partial charge in [-0.25, -0.2) is 0 Å². The maximum Gasteiger partial charge on any atom is 0.313 e. The highest BCUT2D eigenvalue weighted by molar-refractivity contribution is 6.39. The SMILES string of the molecule is Cc1ccc(NC(=O)C(=O)NCC(c2ccco2)N2CCc3ccccc32)c(C)c1. The van der Waals surface area contributed by atoms with Gasteiger partial charge in [0.05, 0.1) is 6.26 Å². The number of nitrogens with zero attached hydrogens (tertiary/aromatic N) is 1. The van der Waals surface area contributed by atoms with E-state index in [0.717, 1.165) is 35.5 Å². The zero-order chi connectivity index (χ0) is 21.1. The second-order valence-electron chi connectivity index (χ2n) is 7.59. The van der Waals surface area contributed by atoms with Crippen molar-refractivity contribution < 1.29 is 14.0 Å². The molecule has 2 N–H and O–H groups in total. The van der Waals surface area contributed by atoms with Crippen LogP contribution in [-0.2, 0) is 16.0 Å². The number of furan rings is 1. The van der Waals surface area contributed by atoms with Crippen molar-refractivity contribution in [2.75, 3.05) is 23.3 Å². The third-order valence-electron chi connectivity index (χ3n) is 5.46. The molecule has 1 aromatic heterocycles. The minimum atomic E-state index is -0.679. The number of aryl methyl sites for hydroxylation is 2. The molecule has 6 nitrogen and oxygen atoms in total. The Bertz CT molecular complexity index is 1060. The van der Waals surface area contributed by atoms with Crippen LogP contribution in [-0.4, -0.2) is 24.9 Å². The second kappa shape index (κ2) is 8.45. The molecule has 6 heteroatoms. The zero-order valence-corrected chi connectivity index (χ0v) is 17.1. The van der Waals surface area contributed by atoms with Crippen LogP contribution in [0.1, 0.15) is 28.5 Å². The maximum absolute atomic E-state index is 12.5. The normalized spacial score (nSPS) is 13.6. The lowest BCUT2D eigenvalue weighted by Crippen LogP contribution is -2.41. The smallest absolute Gasteiger partial charge is 0.313 e. The van der Waals surface area contributed by atoms with E-state index in [4.69, 9.17) is 4.42 Å². The molecular weight excluding hydrogens is 378 g/mol. The second-order valence-corrected chi connectivity index (χ2v) is 7.59. The van der Waals surface area contributed by atoms with Gasteiger partial charge in [-0.1, -0.05) is 35.9 Å². The number of carbonyl (C=O) groups is 2. The van der Waals surface area contributed by atoms with E-state index < -0.39 is 11.8 Å². The predicted octanol–water partition coefficient (Wildman–Crippen LogP) is 3.76. The van der Waals surface area contributed by atoms with Crippen LogP contribution in [0.15, 0.2) is 65.3 Å². The van der Waals surface area contributed by atoms with Crippen molar-refractivity contribution in [1.29, 1.82) is 0 Å². The summed E-state index contributed by atoms with van der Waals surface area (Å²) < 4.78 is 5.64. The van der Waals surface area contributed by atoms with E-state index in [0.29, 0.717) is 5.69 Å². The van der Waals surface area contributed by atoms with E-state index >= 15 is 0 Å². The minimum Gasteiger partial charge on any atom is -0.467 e. The molecule has 30 heavy (non-hydrogen) atoms. The molecule has 0 spiro atoms. The molecule has 2 aromatic carbocycles. The first-order chi connectivity index (χ1) is 14.5. The number of para-hydroxylation sites is 1. The molecule has 4 rings (SSSR count). The largest absolute Gasteiger partial charge is 0.467 e. The van der Waals surface area contributed by atoms with Gasteiger partial charge >= 0.3 is 11.8 Å². The summed E-state index contributed by atoms with van der Waals surface area (Å²) in [6.07, 6.45) is 2.56. The van der Waals surface area contributed by atoms with Crippen LogP contribution in [0.4, 0.5) is 11.4 Å². The van der Waals surface area contributed by atoms with Gasteiger partial charge < -0.3 is 20.0 Å². The number of fused-ring (bicyclic) bond motifs is 1. The summed E-state index contributed by atoms with van der Waals surface area (Å²) in [6, 6.07) is 17.4. The predicted molar refractivity (Wildman–Crippen MR) is 116 cm³/mol. The van der Waals surface area contributed by atoms with Gasteiger partial charge in [0.1, 0.15) is 11.8 Å². The van der Waals surface area contributed by atoms with Gasteiger partial charge in [0.2, 0.25) is 0 Å². The number of benzene rings is 2. The van der Waals surface area contributed by atoms with Crippen molar-refractivity contribution in [2.24, 2.45) is 0 Å². The molecule has 0 bridgehead atoms. The number of anilines is 2. The lowest BCUT2D eigenvalue weighted by Gasteiger charge is -2.29. The summed E-state index contributed by atoms with van der Waals surface area (Å²) in [6.45, 7) is 4.98. The van der Waals surface area contributed by atoms with Gasteiger partial charge in [0, 0.05) is 24.5 Å². The molecule has 1 unspecified atom stereocenters. The Morgan fingerprint density at radius 2 is 1.90 bits per heavy atom. The van der Waals surface area contributed by atoms with Crippen LogP contribution in [0.5, 0.6) is 0 Å². The monoisotopic (exact) mass is 403 g/mol. The fourth-order valence-electron chi connectivity index (χ4n) is 3.94. The first kappa shape index (κ1) is 19.8. The van der Waals surface area contributed by atoms with Crippen LogP contribution < -0.4 is 15.5 Å². The van der Waals surface area contributed by atoms with Gasteiger partial charge in [0.15, 0.2) is 0 Å². The Hall–Kier alpha value is -3.54. The molecule has 0 fully saturated rings. The summed E-state index contributed by atoms with van der Waals surface area (Å²) in [7, 11) is 0. The standard InChI is InChI=1S/C24H25N3O3/c1-16-9-10-19(17(2)14-16)26-24(29)23(28)25-15-21(22-8-5-13-30-22)27-12-11-18-6-3-4-7-20(18)27/h3-10,13-14,21H,11-12,15H2,1-2H3,(H,25,28)(H,26,29). The molecule has 154 valence electrons. The highest BCUT2D eigenvalue weighted by Crippen LogP contribution is 2.34. The Morgan fingerprint density at radius 1 is 1.07 bits per heavy atom. The molecule has 0 aliphatic carbocycles. The highest BCUT2D eigenvalue weighted by atomic mass is 16.3. The van der Waals surface area contributed by atoms with E-state index in [1.54, 1.807) is 6.26 Å². The van der Waals surface area contributed by atoms with Crippen molar-refractivity contribution in [3.8, 4) is 0 Å². The van der Waals surface area contributed by atoms with Crippen LogP contribution >= 0.6 is 0 Å². The lowest BCUT2D eigenvalue weighted by molar-refractivity contribution is -0.136. The Labute approximate surface area is 175 Å². The van der Waals surface area contributed by atoms with E-state index in [2.05, 4.69) is 27.7 Å². The topological polar surface area (TPSA) is 74.6 Å². The number of nitrogens with one attached hydrogen (secondary N) is 2. The number of hydrogen-bond donors (Lipinski definition) is 2. The van der Waals surface area contributed by atoms with Gasteiger partial charge in [-0.05, 0) is 55.7 Å². The van der Waals surface area contributed by atoms with E-state index in [1.807, 2.05) is 56.3 Å².